The van der Waals surface area contributed by atoms with Crippen molar-refractivity contribution >= 4 is 32.6 Å². The second-order valence-electron chi connectivity index (χ2n) is 13.4. The monoisotopic (exact) mass is 675 g/mol. The Balaban J connectivity index is 1.27. The SMILES string of the molecule is c1ccc(-c2nc(-c3ccccc3)nc(-c3ccc(-c4ccccn4)cc3-n3c4cccc5c4c4c6c(cccc6ccc43)-c3ccccc3-5)n2)cc1. The van der Waals surface area contributed by atoms with Crippen molar-refractivity contribution in [3.8, 4) is 73.4 Å². The Morgan fingerprint density at radius 3 is 1.66 bits per heavy atom. The van der Waals surface area contributed by atoms with E-state index in [1.807, 2.05) is 79.0 Å². The molecule has 7 aromatic carbocycles. The number of benzene rings is 7. The van der Waals surface area contributed by atoms with Crippen LogP contribution in [-0.4, -0.2) is 24.5 Å². The standard InChI is InChI=1S/C48H29N5/c1-3-13-31(14-4-1)46-50-47(32-15-5-2-6-16-32)52-48(51-46)38-26-24-33(39-22-9-10-28-49-39)29-42(38)53-40-23-12-21-37-35-19-8-7-18-34(35)36-20-11-17-30-25-27-41(53)45(43(30)36)44(37)40/h1-29H. The number of aromatic nitrogens is 5. The van der Waals surface area contributed by atoms with Crippen LogP contribution in [0.5, 0.6) is 0 Å². The molecule has 0 fully saturated rings. The quantitative estimate of drug-likeness (QED) is 0.182. The zero-order valence-electron chi connectivity index (χ0n) is 28.5. The smallest absolute Gasteiger partial charge is 0.166 e. The van der Waals surface area contributed by atoms with Gasteiger partial charge in [-0.05, 0) is 69.4 Å². The van der Waals surface area contributed by atoms with Gasteiger partial charge in [0.05, 0.1) is 22.4 Å². The van der Waals surface area contributed by atoms with Crippen molar-refractivity contribution < 1.29 is 0 Å². The van der Waals surface area contributed by atoms with Crippen LogP contribution in [0.4, 0.5) is 0 Å². The van der Waals surface area contributed by atoms with E-state index in [1.165, 1.54) is 43.8 Å². The van der Waals surface area contributed by atoms with Crippen LogP contribution in [0, 0.1) is 0 Å². The molecule has 0 bridgehead atoms. The Morgan fingerprint density at radius 1 is 0.358 bits per heavy atom. The van der Waals surface area contributed by atoms with E-state index in [9.17, 15) is 0 Å². The van der Waals surface area contributed by atoms with Gasteiger partial charge in [-0.1, -0.05) is 133 Å². The highest BCUT2D eigenvalue weighted by molar-refractivity contribution is 6.30. The summed E-state index contributed by atoms with van der Waals surface area (Å²) in [6.07, 6.45) is 1.84. The first kappa shape index (κ1) is 29.5. The van der Waals surface area contributed by atoms with E-state index in [2.05, 4.69) is 102 Å². The van der Waals surface area contributed by atoms with Gasteiger partial charge in [0.25, 0.3) is 0 Å². The average Bonchev–Trinajstić information content (AvgIpc) is 3.52. The zero-order valence-corrected chi connectivity index (χ0v) is 28.5. The first-order valence-corrected chi connectivity index (χ1v) is 17.8. The topological polar surface area (TPSA) is 56.5 Å². The van der Waals surface area contributed by atoms with Crippen LogP contribution >= 0.6 is 0 Å². The lowest BCUT2D eigenvalue weighted by Gasteiger charge is -2.17. The maximum Gasteiger partial charge on any atom is 0.166 e. The number of fused-ring (bicyclic) bond motifs is 3. The maximum absolute atomic E-state index is 5.20. The number of rotatable bonds is 5. The first-order chi connectivity index (χ1) is 26.3. The van der Waals surface area contributed by atoms with Gasteiger partial charge in [-0.2, -0.15) is 0 Å². The van der Waals surface area contributed by atoms with Gasteiger partial charge in [0, 0.05) is 39.2 Å². The summed E-state index contributed by atoms with van der Waals surface area (Å²) in [7, 11) is 0. The highest BCUT2D eigenvalue weighted by Gasteiger charge is 2.26. The lowest BCUT2D eigenvalue weighted by Crippen LogP contribution is -2.04. The molecule has 0 amide bonds. The van der Waals surface area contributed by atoms with E-state index in [-0.39, 0.29) is 0 Å². The van der Waals surface area contributed by atoms with Crippen molar-refractivity contribution in [2.45, 2.75) is 0 Å². The Morgan fingerprint density at radius 2 is 0.962 bits per heavy atom. The molecule has 0 spiro atoms. The van der Waals surface area contributed by atoms with Crippen LogP contribution in [0.15, 0.2) is 176 Å². The molecule has 3 heterocycles. The van der Waals surface area contributed by atoms with E-state index in [1.54, 1.807) is 0 Å². The molecule has 0 atom stereocenters. The van der Waals surface area contributed by atoms with Crippen LogP contribution in [0.2, 0.25) is 0 Å². The molecule has 3 aromatic heterocycles. The maximum atomic E-state index is 5.20. The van der Waals surface area contributed by atoms with Gasteiger partial charge in [-0.25, -0.2) is 15.0 Å². The Hall–Kier alpha value is -7.24. The summed E-state index contributed by atoms with van der Waals surface area (Å²) in [4.78, 5) is 20.2. The summed E-state index contributed by atoms with van der Waals surface area (Å²) >= 11 is 0. The van der Waals surface area contributed by atoms with Crippen LogP contribution in [0.1, 0.15) is 0 Å². The van der Waals surface area contributed by atoms with Crippen LogP contribution < -0.4 is 0 Å². The molecule has 0 aliphatic heterocycles. The number of hydrogen-bond acceptors (Lipinski definition) is 4. The third-order valence-electron chi connectivity index (χ3n) is 10.4. The molecule has 1 aliphatic carbocycles. The lowest BCUT2D eigenvalue weighted by atomic mass is 9.93. The molecule has 5 nitrogen and oxygen atoms in total. The van der Waals surface area contributed by atoms with Gasteiger partial charge in [0.2, 0.25) is 0 Å². The van der Waals surface area contributed by atoms with Gasteiger partial charge < -0.3 is 4.57 Å². The van der Waals surface area contributed by atoms with Gasteiger partial charge >= 0.3 is 0 Å². The van der Waals surface area contributed by atoms with Crippen LogP contribution in [0.3, 0.4) is 0 Å². The summed E-state index contributed by atoms with van der Waals surface area (Å²) in [5.74, 6) is 1.85. The molecule has 5 heteroatoms. The van der Waals surface area contributed by atoms with Crippen molar-refractivity contribution in [2.75, 3.05) is 0 Å². The summed E-state index contributed by atoms with van der Waals surface area (Å²) in [5.41, 5.74) is 12.9. The van der Waals surface area contributed by atoms with Crippen molar-refractivity contribution in [1.82, 2.24) is 24.5 Å². The number of hydrogen-bond donors (Lipinski definition) is 0. The second-order valence-corrected chi connectivity index (χ2v) is 13.4. The molecule has 0 saturated heterocycles. The minimum Gasteiger partial charge on any atom is -0.308 e. The molecule has 0 unspecified atom stereocenters. The molecular formula is C48H29N5. The fraction of sp³-hybridized carbons (Fsp3) is 0. The summed E-state index contributed by atoms with van der Waals surface area (Å²) in [6, 6.07) is 59.6. The zero-order chi connectivity index (χ0) is 34.9. The highest BCUT2D eigenvalue weighted by atomic mass is 15.1. The molecule has 0 N–H and O–H groups in total. The molecule has 10 aromatic rings. The molecular weight excluding hydrogens is 647 g/mol. The summed E-state index contributed by atoms with van der Waals surface area (Å²) in [6.45, 7) is 0. The normalized spacial score (nSPS) is 11.8. The minimum absolute atomic E-state index is 0.602. The average molecular weight is 676 g/mol. The van der Waals surface area contributed by atoms with Gasteiger partial charge in [-0.3, -0.25) is 4.98 Å². The molecule has 53 heavy (non-hydrogen) atoms. The minimum atomic E-state index is 0.602. The third-order valence-corrected chi connectivity index (χ3v) is 10.4. The van der Waals surface area contributed by atoms with Crippen molar-refractivity contribution in [3.63, 3.8) is 0 Å². The fourth-order valence-corrected chi connectivity index (χ4v) is 8.12. The number of pyridine rings is 1. The van der Waals surface area contributed by atoms with Crippen molar-refractivity contribution in [3.05, 3.63) is 176 Å². The predicted molar refractivity (Wildman–Crippen MR) is 216 cm³/mol. The lowest BCUT2D eigenvalue weighted by molar-refractivity contribution is 1.06. The second kappa shape index (κ2) is 11.7. The highest BCUT2D eigenvalue weighted by Crippen LogP contribution is 2.50. The van der Waals surface area contributed by atoms with E-state index in [4.69, 9.17) is 19.9 Å². The molecule has 246 valence electrons. The molecule has 1 aliphatic rings. The van der Waals surface area contributed by atoms with E-state index in [0.29, 0.717) is 17.5 Å². The Kier molecular flexibility index (Phi) is 6.48. The predicted octanol–water partition coefficient (Wildman–Crippen LogP) is 11.8. The number of nitrogens with zero attached hydrogens (tertiary/aromatic N) is 5. The van der Waals surface area contributed by atoms with Crippen LogP contribution in [0.25, 0.3) is 106 Å². The fourth-order valence-electron chi connectivity index (χ4n) is 8.12. The molecule has 0 radical (unpaired) electrons. The van der Waals surface area contributed by atoms with Gasteiger partial charge in [0.1, 0.15) is 0 Å². The molecule has 11 rings (SSSR count). The van der Waals surface area contributed by atoms with Gasteiger partial charge in [-0.15, -0.1) is 0 Å². The summed E-state index contributed by atoms with van der Waals surface area (Å²) in [5, 5.41) is 4.98. The van der Waals surface area contributed by atoms with Gasteiger partial charge in [0.15, 0.2) is 17.5 Å². The third kappa shape index (κ3) is 4.57. The van der Waals surface area contributed by atoms with Crippen LogP contribution in [-0.2, 0) is 0 Å². The van der Waals surface area contributed by atoms with E-state index >= 15 is 0 Å². The van der Waals surface area contributed by atoms with E-state index < -0.39 is 0 Å². The molecule has 0 saturated carbocycles. The Bertz CT molecular complexity index is 2980. The Labute approximate surface area is 305 Å². The van der Waals surface area contributed by atoms with Crippen molar-refractivity contribution in [1.29, 1.82) is 0 Å². The van der Waals surface area contributed by atoms with Crippen molar-refractivity contribution in [2.24, 2.45) is 0 Å². The first-order valence-electron chi connectivity index (χ1n) is 17.8. The largest absolute Gasteiger partial charge is 0.308 e. The van der Waals surface area contributed by atoms with E-state index in [0.717, 1.165) is 44.7 Å². The summed E-state index contributed by atoms with van der Waals surface area (Å²) < 4.78 is 2.41.